The van der Waals surface area contributed by atoms with E-state index >= 15 is 0 Å². The third kappa shape index (κ3) is 3.83. The summed E-state index contributed by atoms with van der Waals surface area (Å²) in [5.74, 6) is 0. The van der Waals surface area contributed by atoms with Gasteiger partial charge in [0, 0.05) is 10.9 Å². The largest absolute Gasteiger partial charge is 0.339 e. The zero-order chi connectivity index (χ0) is 18.5. The van der Waals surface area contributed by atoms with E-state index in [9.17, 15) is 0 Å². The second-order valence-corrected chi connectivity index (χ2v) is 7.12. The summed E-state index contributed by atoms with van der Waals surface area (Å²) >= 11 is 1.71. The second-order valence-electron chi connectivity index (χ2n) is 6.26. The number of thiazole rings is 1. The molecule has 3 aromatic carbocycles. The zero-order valence-corrected chi connectivity index (χ0v) is 15.8. The molecule has 1 heterocycles. The Morgan fingerprint density at radius 3 is 2.00 bits per heavy atom. The predicted octanol–water partition coefficient (Wildman–Crippen LogP) is 6.30. The number of hydrogen-bond donors (Lipinski definition) is 1. The van der Waals surface area contributed by atoms with Crippen molar-refractivity contribution in [3.05, 3.63) is 103 Å². The quantitative estimate of drug-likeness (QED) is 0.311. The molecular weight excluding hydrogens is 348 g/mol. The van der Waals surface area contributed by atoms with E-state index in [1.54, 1.807) is 11.3 Å². The summed E-state index contributed by atoms with van der Waals surface area (Å²) < 4.78 is 2.26. The minimum absolute atomic E-state index is 0.762. The van der Waals surface area contributed by atoms with Gasteiger partial charge in [-0.25, -0.2) is 9.88 Å². The van der Waals surface area contributed by atoms with Crippen molar-refractivity contribution in [1.29, 1.82) is 0 Å². The number of anilines is 2. The molecule has 0 aliphatic rings. The molecule has 0 bridgehead atoms. The molecule has 4 rings (SSSR count). The molecule has 0 saturated carbocycles. The first-order valence-electron chi connectivity index (χ1n) is 8.95. The van der Waals surface area contributed by atoms with Gasteiger partial charge in [0.1, 0.15) is 17.9 Å². The van der Waals surface area contributed by atoms with Crippen molar-refractivity contribution in [1.82, 2.24) is 0 Å². The summed E-state index contributed by atoms with van der Waals surface area (Å²) in [6.45, 7) is 4.68. The molecule has 0 unspecified atom stereocenters. The smallest absolute Gasteiger partial charge is 0.231 e. The lowest BCUT2D eigenvalue weighted by Crippen LogP contribution is -2.35. The minimum atomic E-state index is 0.762. The average molecular weight is 370 g/mol. The molecule has 2 nitrogen and oxygen atoms in total. The van der Waals surface area contributed by atoms with Gasteiger partial charge in [-0.2, -0.15) is 0 Å². The fourth-order valence-corrected chi connectivity index (χ4v) is 4.05. The molecule has 0 amide bonds. The first kappa shape index (κ1) is 17.3. The first-order valence-corrected chi connectivity index (χ1v) is 9.83. The van der Waals surface area contributed by atoms with Crippen LogP contribution in [0.3, 0.4) is 0 Å². The molecule has 0 fully saturated rings. The van der Waals surface area contributed by atoms with Crippen molar-refractivity contribution in [3.63, 3.8) is 0 Å². The number of hydrogen-bond acceptors (Lipinski definition) is 2. The Hall–Kier alpha value is -3.17. The Kier molecular flexibility index (Phi) is 5.13. The van der Waals surface area contributed by atoms with Crippen LogP contribution in [0.1, 0.15) is 0 Å². The minimum Gasteiger partial charge on any atom is -0.231 e. The Bertz CT molecular complexity index is 1020. The first-order chi connectivity index (χ1) is 13.3. The van der Waals surface area contributed by atoms with Crippen molar-refractivity contribution in [2.75, 3.05) is 5.32 Å². The van der Waals surface area contributed by atoms with E-state index in [-0.39, 0.29) is 0 Å². The average Bonchev–Trinajstić information content (AvgIpc) is 3.12. The van der Waals surface area contributed by atoms with Gasteiger partial charge in [-0.05, 0) is 23.3 Å². The lowest BCUT2D eigenvalue weighted by Gasteiger charge is -2.05. The molecule has 0 aliphatic carbocycles. The highest BCUT2D eigenvalue weighted by molar-refractivity contribution is 7.13. The number of aromatic nitrogens is 1. The summed E-state index contributed by atoms with van der Waals surface area (Å²) in [7, 11) is 0. The molecular formula is C24H21N2S+. The van der Waals surface area contributed by atoms with Crippen molar-refractivity contribution < 1.29 is 4.57 Å². The Morgan fingerprint density at radius 2 is 1.37 bits per heavy atom. The zero-order valence-electron chi connectivity index (χ0n) is 15.0. The van der Waals surface area contributed by atoms with E-state index < -0.39 is 0 Å². The van der Waals surface area contributed by atoms with Crippen LogP contribution < -0.4 is 9.88 Å². The van der Waals surface area contributed by atoms with Crippen LogP contribution in [0.15, 0.2) is 103 Å². The van der Waals surface area contributed by atoms with Gasteiger partial charge in [-0.3, -0.25) is 0 Å². The molecule has 0 radical (unpaired) electrons. The van der Waals surface area contributed by atoms with Crippen molar-refractivity contribution in [2.24, 2.45) is 0 Å². The highest BCUT2D eigenvalue weighted by atomic mass is 32.1. The van der Waals surface area contributed by atoms with Crippen LogP contribution in [0.2, 0.25) is 0 Å². The van der Waals surface area contributed by atoms with Gasteiger partial charge in [-0.15, -0.1) is 0 Å². The Morgan fingerprint density at radius 1 is 0.778 bits per heavy atom. The van der Waals surface area contributed by atoms with Crippen LogP contribution >= 0.6 is 11.3 Å². The van der Waals surface area contributed by atoms with Crippen molar-refractivity contribution in [2.45, 2.75) is 6.54 Å². The summed E-state index contributed by atoms with van der Waals surface area (Å²) in [6, 6.07) is 29.5. The fourth-order valence-electron chi connectivity index (χ4n) is 3.09. The summed E-state index contributed by atoms with van der Waals surface area (Å²) in [6.07, 6.45) is 1.93. The van der Waals surface area contributed by atoms with Gasteiger partial charge in [-0.1, -0.05) is 96.8 Å². The maximum atomic E-state index is 3.92. The van der Waals surface area contributed by atoms with Gasteiger partial charge in [0.15, 0.2) is 0 Å². The SMILES string of the molecule is C=CC[n+]1c(-c2ccccc2)csc1Nc1ccc(-c2ccccc2)cc1. The molecule has 0 saturated heterocycles. The molecule has 4 aromatic rings. The van der Waals surface area contributed by atoms with E-state index in [0.717, 1.165) is 17.4 Å². The summed E-state index contributed by atoms with van der Waals surface area (Å²) in [5.41, 5.74) is 5.94. The molecule has 132 valence electrons. The molecule has 0 atom stereocenters. The number of nitrogens with zero attached hydrogens (tertiary/aromatic N) is 1. The third-order valence-electron chi connectivity index (χ3n) is 4.44. The maximum absolute atomic E-state index is 3.92. The third-order valence-corrected chi connectivity index (χ3v) is 5.33. The van der Waals surface area contributed by atoms with Crippen LogP contribution in [0.5, 0.6) is 0 Å². The van der Waals surface area contributed by atoms with Gasteiger partial charge in [0.2, 0.25) is 0 Å². The topological polar surface area (TPSA) is 15.9 Å². The molecule has 1 aromatic heterocycles. The highest BCUT2D eigenvalue weighted by Crippen LogP contribution is 2.27. The number of allylic oxidation sites excluding steroid dienone is 1. The van der Waals surface area contributed by atoms with Gasteiger partial charge < -0.3 is 0 Å². The normalized spacial score (nSPS) is 10.5. The van der Waals surface area contributed by atoms with Gasteiger partial charge >= 0.3 is 5.13 Å². The van der Waals surface area contributed by atoms with Crippen LogP contribution in [0.4, 0.5) is 10.8 Å². The van der Waals surface area contributed by atoms with E-state index in [2.05, 4.69) is 94.6 Å². The number of nitrogens with one attached hydrogen (secondary N) is 1. The standard InChI is InChI=1S/C24H20N2S/c1-2-17-26-23(21-11-7-4-8-12-21)18-27-24(26)25-22-15-13-20(14-16-22)19-9-5-3-6-10-19/h2-16,18H,1,17H2/p+1. The van der Waals surface area contributed by atoms with E-state index in [0.29, 0.717) is 0 Å². The summed E-state index contributed by atoms with van der Waals surface area (Å²) in [4.78, 5) is 0. The number of rotatable bonds is 6. The lowest BCUT2D eigenvalue weighted by atomic mass is 10.1. The van der Waals surface area contributed by atoms with Gasteiger partial charge in [0.25, 0.3) is 0 Å². The monoisotopic (exact) mass is 369 g/mol. The lowest BCUT2D eigenvalue weighted by molar-refractivity contribution is -0.657. The molecule has 27 heavy (non-hydrogen) atoms. The molecule has 1 N–H and O–H groups in total. The maximum Gasteiger partial charge on any atom is 0.339 e. The number of benzene rings is 3. The molecule has 0 spiro atoms. The van der Waals surface area contributed by atoms with Crippen LogP contribution in [-0.2, 0) is 6.54 Å². The van der Waals surface area contributed by atoms with E-state index in [1.165, 1.54) is 22.4 Å². The predicted molar refractivity (Wildman–Crippen MR) is 115 cm³/mol. The van der Waals surface area contributed by atoms with Crippen molar-refractivity contribution >= 4 is 22.2 Å². The second kappa shape index (κ2) is 8.02. The van der Waals surface area contributed by atoms with Crippen molar-refractivity contribution in [3.8, 4) is 22.4 Å². The van der Waals surface area contributed by atoms with Crippen LogP contribution in [0, 0.1) is 0 Å². The van der Waals surface area contributed by atoms with Crippen LogP contribution in [0.25, 0.3) is 22.4 Å². The summed E-state index contributed by atoms with van der Waals surface area (Å²) in [5, 5.41) is 6.85. The Balaban J connectivity index is 1.61. The highest BCUT2D eigenvalue weighted by Gasteiger charge is 2.18. The fraction of sp³-hybridized carbons (Fsp3) is 0.0417. The Labute approximate surface area is 164 Å². The van der Waals surface area contributed by atoms with Crippen LogP contribution in [-0.4, -0.2) is 0 Å². The van der Waals surface area contributed by atoms with Gasteiger partial charge in [0.05, 0.1) is 0 Å². The molecule has 0 aliphatic heterocycles. The molecule has 3 heteroatoms. The van der Waals surface area contributed by atoms with E-state index in [4.69, 9.17) is 0 Å². The van der Waals surface area contributed by atoms with E-state index in [1.807, 2.05) is 18.2 Å².